The van der Waals surface area contributed by atoms with Gasteiger partial charge in [0.2, 0.25) is 0 Å². The van der Waals surface area contributed by atoms with E-state index in [9.17, 15) is 0 Å². The Kier molecular flexibility index (Phi) is 2.76. The van der Waals surface area contributed by atoms with E-state index in [1.54, 1.807) is 0 Å². The maximum absolute atomic E-state index is 5.42. The fourth-order valence-corrected chi connectivity index (χ4v) is 0. The van der Waals surface area contributed by atoms with Gasteiger partial charge in [0, 0.05) is 0 Å². The van der Waals surface area contributed by atoms with Crippen LogP contribution in [0.15, 0.2) is 12.3 Å². The van der Waals surface area contributed by atoms with E-state index in [1.807, 2.05) is 0 Å². The second-order valence-corrected chi connectivity index (χ2v) is 12.9. The Hall–Kier alpha value is 1.02. The second kappa shape index (κ2) is 2.36. The SMILES string of the molecule is C=C[Si](Cl)(Cl)Br. The summed E-state index contributed by atoms with van der Waals surface area (Å²) in [7, 11) is 0. The zero-order valence-corrected chi connectivity index (χ0v) is 7.02. The van der Waals surface area contributed by atoms with Crippen LogP contribution in [-0.4, -0.2) is 5.31 Å². The van der Waals surface area contributed by atoms with Gasteiger partial charge in [0.1, 0.15) is 0 Å². The predicted molar refractivity (Wildman–Crippen MR) is 36.6 cm³/mol. The first-order valence-corrected chi connectivity index (χ1v) is 7.62. The molecule has 0 fully saturated rings. The molecule has 0 spiro atoms. The maximum atomic E-state index is 5.42. The van der Waals surface area contributed by atoms with Crippen molar-refractivity contribution in [2.75, 3.05) is 0 Å². The minimum atomic E-state index is -2.11. The van der Waals surface area contributed by atoms with Crippen LogP contribution < -0.4 is 0 Å². The van der Waals surface area contributed by atoms with E-state index in [1.165, 1.54) is 5.70 Å². The molecule has 0 aliphatic rings. The first kappa shape index (κ1) is 7.02. The summed E-state index contributed by atoms with van der Waals surface area (Å²) in [6.45, 7) is 3.38. The summed E-state index contributed by atoms with van der Waals surface area (Å²) < 4.78 is 0. The highest BCUT2D eigenvalue weighted by Crippen LogP contribution is 2.22. The van der Waals surface area contributed by atoms with Gasteiger partial charge < -0.3 is 0 Å². The van der Waals surface area contributed by atoms with Crippen LogP contribution in [-0.2, 0) is 0 Å². The predicted octanol–water partition coefficient (Wildman–Crippen LogP) is 2.52. The van der Waals surface area contributed by atoms with Crippen molar-refractivity contribution in [3.05, 3.63) is 12.3 Å². The van der Waals surface area contributed by atoms with Crippen LogP contribution in [0.2, 0.25) is 0 Å². The third-order valence-electron chi connectivity index (χ3n) is 0.231. The summed E-state index contributed by atoms with van der Waals surface area (Å²) >= 11 is 13.9. The average molecular weight is 206 g/mol. The smallest absolute Gasteiger partial charge is 0.126 e. The number of hydrogen-bond donors (Lipinski definition) is 0. The second-order valence-electron chi connectivity index (χ2n) is 0.746. The molecule has 4 heteroatoms. The summed E-state index contributed by atoms with van der Waals surface area (Å²) in [6.07, 6.45) is 0. The van der Waals surface area contributed by atoms with Crippen LogP contribution in [0.25, 0.3) is 0 Å². The van der Waals surface area contributed by atoms with Crippen molar-refractivity contribution in [2.45, 2.75) is 0 Å². The highest BCUT2D eigenvalue weighted by atomic mass is 79.9. The van der Waals surface area contributed by atoms with Crippen molar-refractivity contribution in [1.29, 1.82) is 0 Å². The Balaban J connectivity index is 3.45. The van der Waals surface area contributed by atoms with E-state index in [2.05, 4.69) is 21.9 Å². The fourth-order valence-electron chi connectivity index (χ4n) is 0. The Bertz CT molecular complexity index is 57.1. The molecule has 6 heavy (non-hydrogen) atoms. The molecule has 0 bridgehead atoms. The number of hydrogen-bond acceptors (Lipinski definition) is 0. The third kappa shape index (κ3) is 5.02. The lowest BCUT2D eigenvalue weighted by molar-refractivity contribution is 2.57. The Morgan fingerprint density at radius 3 is 1.83 bits per heavy atom. The first-order valence-electron chi connectivity index (χ1n) is 1.26. The van der Waals surface area contributed by atoms with E-state index in [0.717, 1.165) is 0 Å². The van der Waals surface area contributed by atoms with Gasteiger partial charge in [0.25, 0.3) is 0 Å². The van der Waals surface area contributed by atoms with Crippen LogP contribution in [0.5, 0.6) is 0 Å². The van der Waals surface area contributed by atoms with E-state index in [-0.39, 0.29) is 0 Å². The average Bonchev–Trinajstić information content (AvgIpc) is 1.35. The van der Waals surface area contributed by atoms with Gasteiger partial charge in [-0.2, -0.15) is 0 Å². The van der Waals surface area contributed by atoms with E-state index < -0.39 is 5.31 Å². The molecule has 0 radical (unpaired) electrons. The van der Waals surface area contributed by atoms with Crippen molar-refractivity contribution in [2.24, 2.45) is 0 Å². The van der Waals surface area contributed by atoms with Gasteiger partial charge in [0.15, 0.2) is 0 Å². The maximum Gasteiger partial charge on any atom is 0.340 e. The quantitative estimate of drug-likeness (QED) is 0.456. The van der Waals surface area contributed by atoms with Gasteiger partial charge in [-0.05, 0) is 0 Å². The van der Waals surface area contributed by atoms with Gasteiger partial charge in [-0.3, -0.25) is 0 Å². The largest absolute Gasteiger partial charge is 0.340 e. The van der Waals surface area contributed by atoms with Gasteiger partial charge in [-0.25, -0.2) is 0 Å². The van der Waals surface area contributed by atoms with Crippen molar-refractivity contribution >= 4 is 42.8 Å². The summed E-state index contributed by atoms with van der Waals surface area (Å²) in [4.78, 5) is 0. The molecule has 0 rings (SSSR count). The molecule has 0 nitrogen and oxygen atoms in total. The highest BCUT2D eigenvalue weighted by Gasteiger charge is 2.16. The molecule has 0 unspecified atom stereocenters. The molecule has 0 aromatic heterocycles. The van der Waals surface area contributed by atoms with Gasteiger partial charge in [-0.15, -0.1) is 28.7 Å². The molecule has 0 saturated carbocycles. The van der Waals surface area contributed by atoms with Crippen LogP contribution in [0, 0.1) is 0 Å². The lowest BCUT2D eigenvalue weighted by Gasteiger charge is -1.93. The standard InChI is InChI=1S/C2H3BrCl2Si/c1-2-6(3,4)5/h2H,1H2. The van der Waals surface area contributed by atoms with Gasteiger partial charge in [0.05, 0.1) is 0 Å². The highest BCUT2D eigenvalue weighted by molar-refractivity contribution is 9.29. The van der Waals surface area contributed by atoms with Crippen molar-refractivity contribution < 1.29 is 0 Å². The molecule has 0 aliphatic heterocycles. The van der Waals surface area contributed by atoms with E-state index >= 15 is 0 Å². The molecule has 0 atom stereocenters. The van der Waals surface area contributed by atoms with Crippen LogP contribution in [0.3, 0.4) is 0 Å². The Labute approximate surface area is 55.1 Å². The molecule has 0 heterocycles. The molecular formula is C2H3BrCl2Si. The molecular weight excluding hydrogens is 203 g/mol. The minimum Gasteiger partial charge on any atom is -0.126 e. The van der Waals surface area contributed by atoms with Gasteiger partial charge in [-0.1, -0.05) is 21.0 Å². The van der Waals surface area contributed by atoms with E-state index in [0.29, 0.717) is 0 Å². The van der Waals surface area contributed by atoms with Crippen LogP contribution >= 0.6 is 37.5 Å². The third-order valence-corrected chi connectivity index (χ3v) is 2.59. The van der Waals surface area contributed by atoms with E-state index in [4.69, 9.17) is 22.2 Å². The molecule has 0 amide bonds. The van der Waals surface area contributed by atoms with Crippen molar-refractivity contribution in [3.63, 3.8) is 0 Å². The lowest BCUT2D eigenvalue weighted by Crippen LogP contribution is -2.00. The normalized spacial score (nSPS) is 11.2. The van der Waals surface area contributed by atoms with Gasteiger partial charge >= 0.3 is 5.31 Å². The topological polar surface area (TPSA) is 0 Å². The van der Waals surface area contributed by atoms with Crippen molar-refractivity contribution in [3.8, 4) is 0 Å². The lowest BCUT2D eigenvalue weighted by atomic mass is 11.3. The Morgan fingerprint density at radius 2 is 1.83 bits per heavy atom. The fraction of sp³-hybridized carbons (Fsp3) is 0. The molecule has 36 valence electrons. The van der Waals surface area contributed by atoms with Crippen LogP contribution in [0.4, 0.5) is 0 Å². The van der Waals surface area contributed by atoms with Crippen molar-refractivity contribution in [1.82, 2.24) is 0 Å². The molecule has 0 aromatic carbocycles. The summed E-state index contributed by atoms with van der Waals surface area (Å²) in [5.74, 6) is 0. The van der Waals surface area contributed by atoms with Crippen LogP contribution in [0.1, 0.15) is 0 Å². The monoisotopic (exact) mass is 204 g/mol. The summed E-state index contributed by atoms with van der Waals surface area (Å²) in [6, 6.07) is 0. The molecule has 0 saturated heterocycles. The first-order chi connectivity index (χ1) is 2.56. The molecule has 0 aromatic rings. The summed E-state index contributed by atoms with van der Waals surface area (Å²) in [5.41, 5.74) is 1.52. The number of rotatable bonds is 1. The number of halogens is 3. The zero-order chi connectivity index (χ0) is 5.21. The Morgan fingerprint density at radius 1 is 1.67 bits per heavy atom. The molecule has 0 aliphatic carbocycles. The molecule has 0 N–H and O–H groups in total. The summed E-state index contributed by atoms with van der Waals surface area (Å²) in [5, 5.41) is -2.11. The minimum absolute atomic E-state index is 1.52. The zero-order valence-electron chi connectivity index (χ0n) is 2.92.